The second-order valence-corrected chi connectivity index (χ2v) is 11.1. The highest BCUT2D eigenvalue weighted by Gasteiger charge is 2.27. The lowest BCUT2D eigenvalue weighted by molar-refractivity contribution is 0.0883. The summed E-state index contributed by atoms with van der Waals surface area (Å²) in [5, 5.41) is 1.57. The average molecular weight is 262 g/mol. The molecular weight excluding hydrogens is 236 g/mol. The summed E-state index contributed by atoms with van der Waals surface area (Å²) >= 11 is 0. The summed E-state index contributed by atoms with van der Waals surface area (Å²) in [5.74, 6) is 0.474. The summed E-state index contributed by atoms with van der Waals surface area (Å²) in [7, 11) is 0.467. The van der Waals surface area contributed by atoms with E-state index in [0.717, 1.165) is 0 Å². The maximum absolute atomic E-state index is 5.51. The summed E-state index contributed by atoms with van der Waals surface area (Å²) in [5.41, 5.74) is 1.30. The minimum absolute atomic E-state index is 0.270. The molecule has 100 valence electrons. The van der Waals surface area contributed by atoms with Crippen LogP contribution < -0.4 is 0 Å². The summed E-state index contributed by atoms with van der Waals surface area (Å²) in [6, 6.07) is 10.6. The molecule has 0 aliphatic carbocycles. The van der Waals surface area contributed by atoms with Crippen molar-refractivity contribution in [2.45, 2.75) is 39.6 Å². The van der Waals surface area contributed by atoms with Gasteiger partial charge in [-0.2, -0.15) is 0 Å². The van der Waals surface area contributed by atoms with Crippen molar-refractivity contribution >= 4 is 14.1 Å². The second kappa shape index (κ2) is 6.35. The lowest BCUT2D eigenvalue weighted by atomic mass is 10.0. The van der Waals surface area contributed by atoms with Crippen molar-refractivity contribution < 1.29 is 4.74 Å². The molecule has 1 aromatic rings. The molecule has 0 fully saturated rings. The van der Waals surface area contributed by atoms with Gasteiger partial charge in [-0.3, -0.25) is 0 Å². The molecule has 1 aromatic carbocycles. The third-order valence-corrected chi connectivity index (χ3v) is 5.89. The lowest BCUT2D eigenvalue weighted by Crippen LogP contribution is -2.33. The number of hydrogen-bond acceptors (Lipinski definition) is 1. The third kappa shape index (κ3) is 4.11. The molecule has 0 saturated heterocycles. The van der Waals surface area contributed by atoms with Gasteiger partial charge < -0.3 is 4.74 Å². The van der Waals surface area contributed by atoms with Crippen LogP contribution in [-0.2, 0) is 4.74 Å². The second-order valence-electron chi connectivity index (χ2n) is 5.99. The van der Waals surface area contributed by atoms with Gasteiger partial charge in [-0.05, 0) is 18.4 Å². The Kier molecular flexibility index (Phi) is 5.36. The van der Waals surface area contributed by atoms with Crippen molar-refractivity contribution in [3.8, 4) is 0 Å². The molecule has 2 atom stereocenters. The van der Waals surface area contributed by atoms with Gasteiger partial charge in [0, 0.05) is 7.11 Å². The van der Waals surface area contributed by atoms with Crippen LogP contribution in [0, 0.1) is 5.92 Å². The Labute approximate surface area is 113 Å². The van der Waals surface area contributed by atoms with Gasteiger partial charge in [-0.15, -0.1) is 0 Å². The van der Waals surface area contributed by atoms with Crippen molar-refractivity contribution in [2.24, 2.45) is 5.92 Å². The quantitative estimate of drug-likeness (QED) is 0.704. The Morgan fingerprint density at radius 2 is 1.67 bits per heavy atom. The van der Waals surface area contributed by atoms with E-state index in [1.165, 1.54) is 5.56 Å². The van der Waals surface area contributed by atoms with Crippen LogP contribution in [0.25, 0.3) is 6.08 Å². The highest BCUT2D eigenvalue weighted by molar-refractivity contribution is 6.83. The Morgan fingerprint density at radius 1 is 1.11 bits per heavy atom. The van der Waals surface area contributed by atoms with Gasteiger partial charge in [0.25, 0.3) is 0 Å². The number of rotatable bonds is 5. The van der Waals surface area contributed by atoms with Gasteiger partial charge in [0.1, 0.15) is 0 Å². The molecule has 0 heterocycles. The van der Waals surface area contributed by atoms with Crippen LogP contribution >= 0.6 is 0 Å². The maximum Gasteiger partial charge on any atom is 0.0729 e. The lowest BCUT2D eigenvalue weighted by Gasteiger charge is -2.30. The van der Waals surface area contributed by atoms with Gasteiger partial charge in [-0.1, -0.05) is 68.2 Å². The summed E-state index contributed by atoms with van der Waals surface area (Å²) in [4.78, 5) is 0. The Bertz CT molecular complexity index is 389. The molecule has 0 amide bonds. The average Bonchev–Trinajstić information content (AvgIpc) is 2.34. The van der Waals surface area contributed by atoms with Crippen molar-refractivity contribution in [2.75, 3.05) is 7.11 Å². The largest absolute Gasteiger partial charge is 0.381 e. The molecule has 1 nitrogen and oxygen atoms in total. The fourth-order valence-corrected chi connectivity index (χ4v) is 4.42. The SMILES string of the molecule is CO[C@@H](C)[C@@H](C)/C(=C/c1ccccc1)[Si](C)(C)C. The number of methoxy groups -OCH3 is 1. The van der Waals surface area contributed by atoms with E-state index >= 15 is 0 Å². The van der Waals surface area contributed by atoms with E-state index < -0.39 is 8.07 Å². The zero-order chi connectivity index (χ0) is 13.8. The van der Waals surface area contributed by atoms with Crippen LogP contribution in [0.3, 0.4) is 0 Å². The van der Waals surface area contributed by atoms with E-state index in [9.17, 15) is 0 Å². The van der Waals surface area contributed by atoms with Crippen molar-refractivity contribution in [3.63, 3.8) is 0 Å². The number of hydrogen-bond donors (Lipinski definition) is 0. The Hall–Kier alpha value is -0.863. The molecular formula is C16H26OSi. The molecule has 0 bridgehead atoms. The van der Waals surface area contributed by atoms with E-state index in [4.69, 9.17) is 4.74 Å². The monoisotopic (exact) mass is 262 g/mol. The predicted octanol–water partition coefficient (Wildman–Crippen LogP) is 4.62. The molecule has 2 heteroatoms. The normalized spacial score (nSPS) is 16.4. The van der Waals surface area contributed by atoms with E-state index in [1.54, 1.807) is 12.3 Å². The molecule has 0 aliphatic heterocycles. The van der Waals surface area contributed by atoms with Gasteiger partial charge in [0.2, 0.25) is 0 Å². The molecule has 0 aromatic heterocycles. The molecule has 0 radical (unpaired) electrons. The van der Waals surface area contributed by atoms with E-state index in [0.29, 0.717) is 5.92 Å². The third-order valence-electron chi connectivity index (χ3n) is 3.55. The van der Waals surface area contributed by atoms with E-state index in [-0.39, 0.29) is 6.10 Å². The molecule has 1 rings (SSSR count). The molecule has 18 heavy (non-hydrogen) atoms. The summed E-state index contributed by atoms with van der Waals surface area (Å²) in [6.07, 6.45) is 2.64. The molecule has 0 saturated carbocycles. The van der Waals surface area contributed by atoms with Crippen LogP contribution in [0.4, 0.5) is 0 Å². The van der Waals surface area contributed by atoms with Crippen LogP contribution in [0.1, 0.15) is 19.4 Å². The van der Waals surface area contributed by atoms with Crippen LogP contribution in [0.5, 0.6) is 0 Å². The smallest absolute Gasteiger partial charge is 0.0729 e. The Balaban J connectivity index is 3.11. The zero-order valence-electron chi connectivity index (χ0n) is 12.5. The standard InChI is InChI=1S/C16H26OSi/c1-13(14(2)17-3)16(18(4,5)6)12-15-10-8-7-9-11-15/h7-14H,1-6H3/b16-12-/t13-,14+/m1/s1. The number of ether oxygens (including phenoxy) is 1. The molecule has 0 spiro atoms. The fourth-order valence-electron chi connectivity index (χ4n) is 2.22. The van der Waals surface area contributed by atoms with E-state index in [1.807, 2.05) is 0 Å². The molecule has 0 N–H and O–H groups in total. The first-order valence-corrected chi connectivity index (χ1v) is 10.2. The molecule has 0 unspecified atom stereocenters. The first-order chi connectivity index (χ1) is 8.36. The van der Waals surface area contributed by atoms with Crippen LogP contribution in [-0.4, -0.2) is 21.3 Å². The summed E-state index contributed by atoms with van der Waals surface area (Å²) in [6.45, 7) is 11.6. The van der Waals surface area contributed by atoms with Gasteiger partial charge in [-0.25, -0.2) is 0 Å². The molecule has 0 aliphatic rings. The van der Waals surface area contributed by atoms with Gasteiger partial charge in [0.15, 0.2) is 0 Å². The highest BCUT2D eigenvalue weighted by Crippen LogP contribution is 2.28. The topological polar surface area (TPSA) is 9.23 Å². The first kappa shape index (κ1) is 15.2. The van der Waals surface area contributed by atoms with Crippen LogP contribution in [0.2, 0.25) is 19.6 Å². The Morgan fingerprint density at radius 3 is 2.11 bits per heavy atom. The minimum atomic E-state index is -1.33. The first-order valence-electron chi connectivity index (χ1n) is 6.66. The maximum atomic E-state index is 5.51. The fraction of sp³-hybridized carbons (Fsp3) is 0.500. The van der Waals surface area contributed by atoms with Crippen LogP contribution in [0.15, 0.2) is 35.5 Å². The zero-order valence-corrected chi connectivity index (χ0v) is 13.5. The van der Waals surface area contributed by atoms with Crippen molar-refractivity contribution in [1.29, 1.82) is 0 Å². The minimum Gasteiger partial charge on any atom is -0.381 e. The van der Waals surface area contributed by atoms with E-state index in [2.05, 4.69) is 69.9 Å². The van der Waals surface area contributed by atoms with Gasteiger partial charge in [0.05, 0.1) is 14.2 Å². The predicted molar refractivity (Wildman–Crippen MR) is 83.4 cm³/mol. The van der Waals surface area contributed by atoms with Crippen molar-refractivity contribution in [3.05, 3.63) is 41.1 Å². The summed E-state index contributed by atoms with van der Waals surface area (Å²) < 4.78 is 5.51. The number of benzene rings is 1. The van der Waals surface area contributed by atoms with Gasteiger partial charge >= 0.3 is 0 Å². The highest BCUT2D eigenvalue weighted by atomic mass is 28.3. The van der Waals surface area contributed by atoms with Crippen molar-refractivity contribution in [1.82, 2.24) is 0 Å².